The van der Waals surface area contributed by atoms with Crippen LogP contribution in [0, 0.1) is 34.4 Å². The van der Waals surface area contributed by atoms with Crippen molar-refractivity contribution in [2.45, 2.75) is 39.3 Å². The van der Waals surface area contributed by atoms with Gasteiger partial charge in [-0.25, -0.2) is 4.39 Å². The topological polar surface area (TPSA) is 150 Å². The van der Waals surface area contributed by atoms with Crippen molar-refractivity contribution < 1.29 is 13.9 Å². The van der Waals surface area contributed by atoms with E-state index in [1.165, 1.54) is 19.2 Å². The van der Waals surface area contributed by atoms with E-state index in [1.807, 2.05) is 36.4 Å². The second kappa shape index (κ2) is 16.3. The Morgan fingerprint density at radius 1 is 1.09 bits per heavy atom. The van der Waals surface area contributed by atoms with Gasteiger partial charge in [-0.2, -0.15) is 5.26 Å². The van der Waals surface area contributed by atoms with Gasteiger partial charge in [0.15, 0.2) is 0 Å². The Morgan fingerprint density at radius 2 is 1.81 bits per heavy atom. The summed E-state index contributed by atoms with van der Waals surface area (Å²) in [5, 5.41) is 19.5. The zero-order chi connectivity index (χ0) is 31.2. The molecule has 3 rings (SSSR count). The number of nitrogens with one attached hydrogen (secondary N) is 2. The minimum atomic E-state index is -0.584. The Morgan fingerprint density at radius 3 is 2.44 bits per heavy atom. The highest BCUT2D eigenvalue weighted by Gasteiger charge is 2.17. The number of unbranched alkanes of at least 4 members (excludes halogenated alkanes) is 1. The van der Waals surface area contributed by atoms with Crippen molar-refractivity contribution in [3.05, 3.63) is 117 Å². The van der Waals surface area contributed by atoms with Crippen LogP contribution in [0.3, 0.4) is 0 Å². The summed E-state index contributed by atoms with van der Waals surface area (Å²) in [4.78, 5) is 17.5. The molecule has 8 nitrogen and oxygen atoms in total. The average Bonchev–Trinajstić information content (AvgIpc) is 3.00. The number of carbonyl (C=O) groups excluding carboxylic acids is 1. The Balaban J connectivity index is 1.68. The van der Waals surface area contributed by atoms with E-state index in [1.54, 1.807) is 6.07 Å². The van der Waals surface area contributed by atoms with Crippen molar-refractivity contribution in [3.63, 3.8) is 0 Å². The van der Waals surface area contributed by atoms with Crippen LogP contribution in [0.2, 0.25) is 0 Å². The molecule has 43 heavy (non-hydrogen) atoms. The number of benzene rings is 3. The first-order valence-electron chi connectivity index (χ1n) is 13.7. The molecule has 0 spiro atoms. The molecule has 9 heteroatoms. The molecule has 220 valence electrons. The molecule has 3 aromatic carbocycles. The molecule has 0 aliphatic rings. The van der Waals surface area contributed by atoms with Gasteiger partial charge in [0.1, 0.15) is 11.7 Å². The summed E-state index contributed by atoms with van der Waals surface area (Å²) in [7, 11) is 1.49. The maximum atomic E-state index is 14.4. The summed E-state index contributed by atoms with van der Waals surface area (Å²) >= 11 is 0. The van der Waals surface area contributed by atoms with Crippen molar-refractivity contribution in [2.75, 3.05) is 13.7 Å². The first-order valence-corrected chi connectivity index (χ1v) is 13.7. The predicted molar refractivity (Wildman–Crippen MR) is 167 cm³/mol. The van der Waals surface area contributed by atoms with Gasteiger partial charge in [-0.3, -0.25) is 15.2 Å². The quantitative estimate of drug-likeness (QED) is 0.108. The number of halogens is 1. The number of aliphatic imine (C=N–C) groups is 1. The van der Waals surface area contributed by atoms with Crippen LogP contribution in [0.15, 0.2) is 77.4 Å². The van der Waals surface area contributed by atoms with Crippen LogP contribution < -0.4 is 16.8 Å². The van der Waals surface area contributed by atoms with Crippen molar-refractivity contribution in [2.24, 2.45) is 16.5 Å². The average molecular weight is 579 g/mol. The smallest absolute Gasteiger partial charge is 0.254 e. The molecule has 0 radical (unpaired) electrons. The summed E-state index contributed by atoms with van der Waals surface area (Å²) in [6, 6.07) is 20.0. The standard InChI is InChI=1S/C34H35FN6O2/c1-3-4-5-6-25-14-26(16-27(15-25)18-36)13-23-7-9-24(10-8-23)20-40-32(22-43-2)30(19-37)34(42)41-21-29-12-11-28(33(38)39)17-31(29)35/h7-12,14-17,19H,3-4,13,20-22,37H2,1-2H3,(H3,38,39)(H,41,42)/b30-19+,40-32?. The minimum absolute atomic E-state index is 0.0505. The molecule has 3 aromatic rings. The molecule has 0 saturated heterocycles. The van der Waals surface area contributed by atoms with Crippen molar-refractivity contribution >= 4 is 17.5 Å². The van der Waals surface area contributed by atoms with Gasteiger partial charge in [0.25, 0.3) is 5.91 Å². The van der Waals surface area contributed by atoms with Gasteiger partial charge in [0.05, 0.1) is 36.1 Å². The maximum absolute atomic E-state index is 14.4. The SMILES string of the molecule is CCCC#Cc1cc(C#N)cc(Cc2ccc(CN=C(COC)/C(=C\N)C(=O)NCc3ccc(C(=N)N)cc3F)cc2)c1. The molecule has 6 N–H and O–H groups in total. The summed E-state index contributed by atoms with van der Waals surface area (Å²) in [6.07, 6.45) is 3.60. The minimum Gasteiger partial charge on any atom is -0.404 e. The number of nitriles is 1. The maximum Gasteiger partial charge on any atom is 0.254 e. The number of nitrogens with two attached hydrogens (primary N) is 2. The molecule has 0 unspecified atom stereocenters. The lowest BCUT2D eigenvalue weighted by molar-refractivity contribution is -0.117. The van der Waals surface area contributed by atoms with Crippen LogP contribution in [-0.2, 0) is 29.0 Å². The fourth-order valence-corrected chi connectivity index (χ4v) is 4.18. The van der Waals surface area contributed by atoms with Crippen molar-refractivity contribution in [1.29, 1.82) is 10.7 Å². The monoisotopic (exact) mass is 578 g/mol. The van der Waals surface area contributed by atoms with Gasteiger partial charge in [-0.1, -0.05) is 55.2 Å². The van der Waals surface area contributed by atoms with Crippen LogP contribution >= 0.6 is 0 Å². The molecule has 0 saturated carbocycles. The predicted octanol–water partition coefficient (Wildman–Crippen LogP) is 4.47. The fraction of sp³-hybridized carbons (Fsp3) is 0.235. The van der Waals surface area contributed by atoms with E-state index in [2.05, 4.69) is 35.1 Å². The van der Waals surface area contributed by atoms with E-state index in [4.69, 9.17) is 21.6 Å². The molecule has 0 atom stereocenters. The summed E-state index contributed by atoms with van der Waals surface area (Å²) in [5.74, 6) is 4.92. The number of rotatable bonds is 12. The zero-order valence-electron chi connectivity index (χ0n) is 24.3. The summed E-state index contributed by atoms with van der Waals surface area (Å²) in [5.41, 5.74) is 16.6. The third kappa shape index (κ3) is 9.67. The molecule has 0 aliphatic carbocycles. The lowest BCUT2D eigenvalue weighted by atomic mass is 9.99. The van der Waals surface area contributed by atoms with Crippen LogP contribution in [0.5, 0.6) is 0 Å². The Bertz CT molecular complexity index is 1630. The van der Waals surface area contributed by atoms with Crippen LogP contribution in [-0.4, -0.2) is 31.2 Å². The van der Waals surface area contributed by atoms with Crippen LogP contribution in [0.4, 0.5) is 4.39 Å². The zero-order valence-corrected chi connectivity index (χ0v) is 24.3. The van der Waals surface area contributed by atoms with Gasteiger partial charge < -0.3 is 21.5 Å². The number of amidine groups is 1. The number of methoxy groups -OCH3 is 1. The number of carbonyl (C=O) groups is 1. The highest BCUT2D eigenvalue weighted by atomic mass is 19.1. The number of hydrogen-bond donors (Lipinski definition) is 4. The second-order valence-corrected chi connectivity index (χ2v) is 9.75. The number of ether oxygens (including phenoxy) is 1. The number of hydrogen-bond acceptors (Lipinski definition) is 6. The summed E-state index contributed by atoms with van der Waals surface area (Å²) < 4.78 is 19.6. The summed E-state index contributed by atoms with van der Waals surface area (Å²) in [6.45, 7) is 2.32. The van der Waals surface area contributed by atoms with E-state index >= 15 is 0 Å². The van der Waals surface area contributed by atoms with E-state index in [-0.39, 0.29) is 42.2 Å². The van der Waals surface area contributed by atoms with E-state index in [9.17, 15) is 14.4 Å². The molecule has 0 aromatic heterocycles. The van der Waals surface area contributed by atoms with Gasteiger partial charge in [-0.15, -0.1) is 0 Å². The van der Waals surface area contributed by atoms with Gasteiger partial charge in [0.2, 0.25) is 0 Å². The lowest BCUT2D eigenvalue weighted by Gasteiger charge is -2.12. The first-order chi connectivity index (χ1) is 20.8. The third-order valence-corrected chi connectivity index (χ3v) is 6.42. The molecule has 1 amide bonds. The van der Waals surface area contributed by atoms with E-state index < -0.39 is 11.7 Å². The third-order valence-electron chi connectivity index (χ3n) is 6.42. The molecule has 0 bridgehead atoms. The number of nitrogen functional groups attached to an aromatic ring is 1. The second-order valence-electron chi connectivity index (χ2n) is 9.75. The van der Waals surface area contributed by atoms with E-state index in [0.29, 0.717) is 17.7 Å². The van der Waals surface area contributed by atoms with Gasteiger partial charge in [-0.05, 0) is 53.8 Å². The number of nitrogens with zero attached hydrogens (tertiary/aromatic N) is 2. The van der Waals surface area contributed by atoms with Crippen LogP contribution in [0.25, 0.3) is 0 Å². The number of amides is 1. The largest absolute Gasteiger partial charge is 0.404 e. The molecular weight excluding hydrogens is 543 g/mol. The Hall–Kier alpha value is -5.25. The Kier molecular flexibility index (Phi) is 12.2. The van der Waals surface area contributed by atoms with Gasteiger partial charge >= 0.3 is 0 Å². The highest BCUT2D eigenvalue weighted by Crippen LogP contribution is 2.16. The normalized spacial score (nSPS) is 11.3. The Labute approximate surface area is 251 Å². The van der Waals surface area contributed by atoms with E-state index in [0.717, 1.165) is 47.4 Å². The molecular formula is C34H35FN6O2. The van der Waals surface area contributed by atoms with Crippen LogP contribution in [0.1, 0.15) is 58.7 Å². The fourth-order valence-electron chi connectivity index (χ4n) is 4.18. The lowest BCUT2D eigenvalue weighted by Crippen LogP contribution is -2.31. The van der Waals surface area contributed by atoms with Crippen molar-refractivity contribution in [1.82, 2.24) is 5.32 Å². The highest BCUT2D eigenvalue weighted by molar-refractivity contribution is 6.22. The molecule has 0 heterocycles. The van der Waals surface area contributed by atoms with Crippen molar-refractivity contribution in [3.8, 4) is 17.9 Å². The molecule has 0 fully saturated rings. The molecule has 0 aliphatic heterocycles. The van der Waals surface area contributed by atoms with Gasteiger partial charge in [0, 0.05) is 43.0 Å². The first kappa shape index (κ1) is 32.3.